The van der Waals surface area contributed by atoms with Crippen LogP contribution in [0.25, 0.3) is 0 Å². The number of nitrogens with two attached hydrogens (primary N) is 1. The molecule has 1 rings (SSSR count). The summed E-state index contributed by atoms with van der Waals surface area (Å²) in [6, 6.07) is 4.72. The van der Waals surface area contributed by atoms with Crippen molar-refractivity contribution < 1.29 is 8.42 Å². The maximum atomic E-state index is 11.8. The van der Waals surface area contributed by atoms with E-state index in [0.717, 1.165) is 4.90 Å². The van der Waals surface area contributed by atoms with Gasteiger partial charge in [-0.1, -0.05) is 0 Å². The van der Waals surface area contributed by atoms with E-state index in [4.69, 9.17) is 5.73 Å². The number of sulfonamides is 1. The van der Waals surface area contributed by atoms with Gasteiger partial charge in [0.05, 0.1) is 4.90 Å². The van der Waals surface area contributed by atoms with Crippen molar-refractivity contribution in [1.29, 1.82) is 0 Å². The Kier molecular flexibility index (Phi) is 3.64. The predicted molar refractivity (Wildman–Crippen MR) is 63.5 cm³/mol. The largest absolute Gasteiger partial charge is 0.398 e. The molecule has 0 fully saturated rings. The second kappa shape index (κ2) is 4.42. The summed E-state index contributed by atoms with van der Waals surface area (Å²) in [5.74, 6) is 0. The lowest BCUT2D eigenvalue weighted by molar-refractivity contribution is 0.520. The highest BCUT2D eigenvalue weighted by atomic mass is 32.2. The molecule has 1 aromatic carbocycles. The molecule has 0 radical (unpaired) electrons. The van der Waals surface area contributed by atoms with E-state index in [1.165, 1.54) is 36.2 Å². The Hall–Kier alpha value is -0.720. The lowest BCUT2D eigenvalue weighted by Crippen LogP contribution is -2.22. The van der Waals surface area contributed by atoms with Gasteiger partial charge >= 0.3 is 0 Å². The van der Waals surface area contributed by atoms with Gasteiger partial charge in [0, 0.05) is 24.7 Å². The van der Waals surface area contributed by atoms with Gasteiger partial charge in [0.25, 0.3) is 0 Å². The second-order valence-corrected chi connectivity index (χ2v) is 6.19. The molecule has 0 saturated heterocycles. The first kappa shape index (κ1) is 12.4. The summed E-state index contributed by atoms with van der Waals surface area (Å²) < 4.78 is 24.8. The van der Waals surface area contributed by atoms with Crippen LogP contribution in [0.2, 0.25) is 0 Å². The molecule has 0 aliphatic heterocycles. The zero-order valence-corrected chi connectivity index (χ0v) is 10.5. The minimum atomic E-state index is -3.36. The molecule has 1 aromatic rings. The van der Waals surface area contributed by atoms with Crippen molar-refractivity contribution in [2.45, 2.75) is 9.79 Å². The number of nitrogens with zero attached hydrogens (tertiary/aromatic N) is 1. The Bertz CT molecular complexity index is 455. The van der Waals surface area contributed by atoms with E-state index in [1.54, 1.807) is 12.1 Å². The lowest BCUT2D eigenvalue weighted by atomic mass is 10.3. The summed E-state index contributed by atoms with van der Waals surface area (Å²) in [5, 5.41) is 0. The van der Waals surface area contributed by atoms with E-state index in [0.29, 0.717) is 5.69 Å². The molecule has 0 bridgehead atoms. The van der Waals surface area contributed by atoms with Crippen molar-refractivity contribution in [2.24, 2.45) is 0 Å². The molecule has 84 valence electrons. The van der Waals surface area contributed by atoms with Crippen molar-refractivity contribution >= 4 is 27.5 Å². The maximum absolute atomic E-state index is 11.8. The van der Waals surface area contributed by atoms with Gasteiger partial charge in [-0.3, -0.25) is 0 Å². The fourth-order valence-corrected chi connectivity index (χ4v) is 2.61. The van der Waals surface area contributed by atoms with Crippen LogP contribution in [0.1, 0.15) is 0 Å². The number of nitrogen functional groups attached to an aromatic ring is 1. The van der Waals surface area contributed by atoms with E-state index in [2.05, 4.69) is 0 Å². The van der Waals surface area contributed by atoms with E-state index < -0.39 is 10.0 Å². The van der Waals surface area contributed by atoms with Crippen molar-refractivity contribution in [3.63, 3.8) is 0 Å². The highest BCUT2D eigenvalue weighted by Gasteiger charge is 2.17. The molecule has 0 atom stereocenters. The van der Waals surface area contributed by atoms with Crippen LogP contribution < -0.4 is 5.73 Å². The zero-order chi connectivity index (χ0) is 11.6. The number of hydrogen-bond donors (Lipinski definition) is 1. The predicted octanol–water partition coefficient (Wildman–Crippen LogP) is 1.24. The fraction of sp³-hybridized carbons (Fsp3) is 0.333. The molecule has 0 amide bonds. The minimum Gasteiger partial charge on any atom is -0.398 e. The number of anilines is 1. The van der Waals surface area contributed by atoms with E-state index in [1.807, 2.05) is 6.26 Å². The zero-order valence-electron chi connectivity index (χ0n) is 8.89. The van der Waals surface area contributed by atoms with E-state index in [9.17, 15) is 8.42 Å². The highest BCUT2D eigenvalue weighted by molar-refractivity contribution is 7.98. The molecule has 2 N–H and O–H groups in total. The Morgan fingerprint density at radius 1 is 1.33 bits per heavy atom. The SMILES string of the molecule is CSc1cc(S(=O)(=O)N(C)C)ccc1N. The van der Waals surface area contributed by atoms with Crippen LogP contribution in [0.5, 0.6) is 0 Å². The smallest absolute Gasteiger partial charge is 0.242 e. The summed E-state index contributed by atoms with van der Waals surface area (Å²) in [7, 11) is -0.353. The summed E-state index contributed by atoms with van der Waals surface area (Å²) >= 11 is 1.43. The maximum Gasteiger partial charge on any atom is 0.242 e. The van der Waals surface area contributed by atoms with Gasteiger partial charge in [-0.05, 0) is 24.5 Å². The number of rotatable bonds is 3. The molecule has 0 saturated carbocycles. The normalized spacial score (nSPS) is 12.0. The minimum absolute atomic E-state index is 0.269. The fourth-order valence-electron chi connectivity index (χ4n) is 1.06. The average molecular weight is 246 g/mol. The van der Waals surface area contributed by atoms with Gasteiger partial charge in [-0.25, -0.2) is 12.7 Å². The van der Waals surface area contributed by atoms with Crippen LogP contribution >= 0.6 is 11.8 Å². The highest BCUT2D eigenvalue weighted by Crippen LogP contribution is 2.26. The van der Waals surface area contributed by atoms with Crippen LogP contribution in [0, 0.1) is 0 Å². The second-order valence-electron chi connectivity index (χ2n) is 3.19. The van der Waals surface area contributed by atoms with Crippen molar-refractivity contribution in [3.8, 4) is 0 Å². The first-order valence-corrected chi connectivity index (χ1v) is 6.92. The molecule has 0 unspecified atom stereocenters. The molecule has 0 heterocycles. The van der Waals surface area contributed by atoms with Gasteiger partial charge < -0.3 is 5.73 Å². The first-order valence-electron chi connectivity index (χ1n) is 4.25. The van der Waals surface area contributed by atoms with Crippen LogP contribution in [0.15, 0.2) is 28.0 Å². The van der Waals surface area contributed by atoms with Crippen LogP contribution in [0.3, 0.4) is 0 Å². The number of hydrogen-bond acceptors (Lipinski definition) is 4. The molecular formula is C9H14N2O2S2. The van der Waals surface area contributed by atoms with E-state index >= 15 is 0 Å². The van der Waals surface area contributed by atoms with Gasteiger partial charge in [0.2, 0.25) is 10.0 Å². The van der Waals surface area contributed by atoms with Crippen LogP contribution in [-0.2, 0) is 10.0 Å². The van der Waals surface area contributed by atoms with Crippen molar-refractivity contribution in [3.05, 3.63) is 18.2 Å². The number of thioether (sulfide) groups is 1. The van der Waals surface area contributed by atoms with Gasteiger partial charge in [0.15, 0.2) is 0 Å². The first-order chi connectivity index (χ1) is 6.89. The quantitative estimate of drug-likeness (QED) is 0.644. The number of benzene rings is 1. The van der Waals surface area contributed by atoms with Gasteiger partial charge in [-0.2, -0.15) is 0 Å². The molecule has 6 heteroatoms. The van der Waals surface area contributed by atoms with Crippen LogP contribution in [-0.4, -0.2) is 33.1 Å². The molecule has 15 heavy (non-hydrogen) atoms. The monoisotopic (exact) mass is 246 g/mol. The lowest BCUT2D eigenvalue weighted by Gasteiger charge is -2.12. The van der Waals surface area contributed by atoms with E-state index in [-0.39, 0.29) is 4.90 Å². The summed E-state index contributed by atoms with van der Waals surface area (Å²) in [6.45, 7) is 0. The topological polar surface area (TPSA) is 63.4 Å². The van der Waals surface area contributed by atoms with Gasteiger partial charge in [0.1, 0.15) is 0 Å². The van der Waals surface area contributed by atoms with Gasteiger partial charge in [-0.15, -0.1) is 11.8 Å². The van der Waals surface area contributed by atoms with Crippen molar-refractivity contribution in [1.82, 2.24) is 4.31 Å². The van der Waals surface area contributed by atoms with Crippen molar-refractivity contribution in [2.75, 3.05) is 26.1 Å². The third-order valence-corrected chi connectivity index (χ3v) is 4.59. The Morgan fingerprint density at radius 2 is 1.93 bits per heavy atom. The molecule has 0 aliphatic rings. The Labute approximate surface area is 94.5 Å². The summed E-state index contributed by atoms with van der Waals surface area (Å²) in [6.07, 6.45) is 1.86. The summed E-state index contributed by atoms with van der Waals surface area (Å²) in [4.78, 5) is 1.05. The average Bonchev–Trinajstić information content (AvgIpc) is 2.18. The third kappa shape index (κ3) is 2.45. The Balaban J connectivity index is 3.29. The molecule has 0 spiro atoms. The molecule has 4 nitrogen and oxygen atoms in total. The molecule has 0 aliphatic carbocycles. The Morgan fingerprint density at radius 3 is 2.40 bits per heavy atom. The molecular weight excluding hydrogens is 232 g/mol. The molecule has 0 aromatic heterocycles. The summed E-state index contributed by atoms with van der Waals surface area (Å²) in [5.41, 5.74) is 6.29. The third-order valence-electron chi connectivity index (χ3n) is 1.98. The van der Waals surface area contributed by atoms with Crippen LogP contribution in [0.4, 0.5) is 5.69 Å². The standard InChI is InChI=1S/C9H14N2O2S2/c1-11(2)15(12,13)7-4-5-8(10)9(6-7)14-3/h4-6H,10H2,1-3H3.